The third kappa shape index (κ3) is 2.32. The average Bonchev–Trinajstić information content (AvgIpc) is 2.72. The Hall–Kier alpha value is -0.900. The first-order valence-electron chi connectivity index (χ1n) is 5.01. The molecule has 0 aromatic carbocycles. The lowest BCUT2D eigenvalue weighted by Crippen LogP contribution is -2.36. The molecule has 0 radical (unpaired) electrons. The van der Waals surface area contributed by atoms with Gasteiger partial charge in [-0.3, -0.25) is 4.79 Å². The molecule has 0 atom stereocenters. The number of thiazole rings is 1. The van der Waals surface area contributed by atoms with E-state index in [0.29, 0.717) is 6.42 Å². The van der Waals surface area contributed by atoms with E-state index in [4.69, 9.17) is 0 Å². The summed E-state index contributed by atoms with van der Waals surface area (Å²) in [4.78, 5) is 17.8. The van der Waals surface area contributed by atoms with Crippen molar-refractivity contribution in [1.29, 1.82) is 0 Å². The van der Waals surface area contributed by atoms with Gasteiger partial charge in [-0.1, -0.05) is 0 Å². The minimum absolute atomic E-state index is 0.232. The summed E-state index contributed by atoms with van der Waals surface area (Å²) in [6.07, 6.45) is 4.05. The van der Waals surface area contributed by atoms with Gasteiger partial charge in [-0.15, -0.1) is 11.3 Å². The molecule has 0 aliphatic carbocycles. The number of rotatable bonds is 2. The molecule has 0 N–H and O–H groups in total. The third-order valence-corrected chi connectivity index (χ3v) is 3.16. The second-order valence-corrected chi connectivity index (χ2v) is 4.32. The third-order valence-electron chi connectivity index (χ3n) is 2.52. The number of carbonyl (C=O) groups is 1. The molecular weight excluding hydrogens is 196 g/mol. The van der Waals surface area contributed by atoms with E-state index in [-0.39, 0.29) is 5.91 Å². The summed E-state index contributed by atoms with van der Waals surface area (Å²) in [7, 11) is 0. The van der Waals surface area contributed by atoms with Crippen LogP contribution in [-0.4, -0.2) is 28.9 Å². The molecule has 1 aliphatic heterocycles. The van der Waals surface area contributed by atoms with Crippen LogP contribution < -0.4 is 0 Å². The average molecular weight is 210 g/mol. The van der Waals surface area contributed by atoms with Crippen LogP contribution in [0.3, 0.4) is 0 Å². The molecule has 1 aromatic rings. The van der Waals surface area contributed by atoms with E-state index in [9.17, 15) is 4.79 Å². The van der Waals surface area contributed by atoms with Gasteiger partial charge in [0.25, 0.3) is 0 Å². The number of piperidine rings is 1. The van der Waals surface area contributed by atoms with Crippen molar-refractivity contribution in [3.8, 4) is 0 Å². The summed E-state index contributed by atoms with van der Waals surface area (Å²) in [6, 6.07) is 0. The van der Waals surface area contributed by atoms with Gasteiger partial charge in [-0.25, -0.2) is 4.98 Å². The number of aromatic nitrogens is 1. The standard InChI is InChI=1S/C10H14N2OS/c13-10(6-9-7-14-8-11-9)12-4-2-1-3-5-12/h7-8H,1-6H2. The zero-order valence-corrected chi connectivity index (χ0v) is 8.92. The fourth-order valence-electron chi connectivity index (χ4n) is 1.73. The fraction of sp³-hybridized carbons (Fsp3) is 0.600. The number of amides is 1. The first kappa shape index (κ1) is 9.65. The molecule has 2 rings (SSSR count). The maximum atomic E-state index is 11.8. The smallest absolute Gasteiger partial charge is 0.228 e. The maximum Gasteiger partial charge on any atom is 0.228 e. The second kappa shape index (κ2) is 4.55. The summed E-state index contributed by atoms with van der Waals surface area (Å²) in [5.74, 6) is 0.232. The van der Waals surface area contributed by atoms with Crippen molar-refractivity contribution in [2.24, 2.45) is 0 Å². The molecule has 0 saturated carbocycles. The van der Waals surface area contributed by atoms with Gasteiger partial charge in [-0.05, 0) is 19.3 Å². The van der Waals surface area contributed by atoms with Crippen LogP contribution in [-0.2, 0) is 11.2 Å². The van der Waals surface area contributed by atoms with Crippen LogP contribution in [0.1, 0.15) is 25.0 Å². The highest BCUT2D eigenvalue weighted by Crippen LogP contribution is 2.11. The highest BCUT2D eigenvalue weighted by atomic mass is 32.1. The molecule has 0 spiro atoms. The van der Waals surface area contributed by atoms with Crippen molar-refractivity contribution in [3.05, 3.63) is 16.6 Å². The van der Waals surface area contributed by atoms with E-state index in [1.807, 2.05) is 10.3 Å². The number of likely N-dealkylation sites (tertiary alicyclic amines) is 1. The summed E-state index contributed by atoms with van der Waals surface area (Å²) >= 11 is 1.55. The lowest BCUT2D eigenvalue weighted by molar-refractivity contribution is -0.131. The maximum absolute atomic E-state index is 11.8. The second-order valence-electron chi connectivity index (χ2n) is 3.60. The predicted octanol–water partition coefficient (Wildman–Crippen LogP) is 1.70. The van der Waals surface area contributed by atoms with Gasteiger partial charge in [-0.2, -0.15) is 0 Å². The van der Waals surface area contributed by atoms with Gasteiger partial charge < -0.3 is 4.90 Å². The van der Waals surface area contributed by atoms with Crippen LogP contribution in [0.4, 0.5) is 0 Å². The van der Waals surface area contributed by atoms with Crippen LogP contribution in [0, 0.1) is 0 Å². The van der Waals surface area contributed by atoms with Gasteiger partial charge in [0.2, 0.25) is 5.91 Å². The molecule has 3 nitrogen and oxygen atoms in total. The van der Waals surface area contributed by atoms with E-state index in [2.05, 4.69) is 4.98 Å². The van der Waals surface area contributed by atoms with Gasteiger partial charge in [0.15, 0.2) is 0 Å². The molecule has 1 saturated heterocycles. The first-order valence-corrected chi connectivity index (χ1v) is 5.95. The molecule has 4 heteroatoms. The first-order chi connectivity index (χ1) is 6.86. The minimum atomic E-state index is 0.232. The van der Waals surface area contributed by atoms with Crippen molar-refractivity contribution in [3.63, 3.8) is 0 Å². The van der Waals surface area contributed by atoms with E-state index in [0.717, 1.165) is 31.6 Å². The molecule has 1 aliphatic rings. The summed E-state index contributed by atoms with van der Waals surface area (Å²) < 4.78 is 0. The summed E-state index contributed by atoms with van der Waals surface area (Å²) in [5.41, 5.74) is 2.68. The largest absolute Gasteiger partial charge is 0.342 e. The number of hydrogen-bond acceptors (Lipinski definition) is 3. The van der Waals surface area contributed by atoms with Gasteiger partial charge >= 0.3 is 0 Å². The van der Waals surface area contributed by atoms with E-state index in [1.165, 1.54) is 6.42 Å². The monoisotopic (exact) mass is 210 g/mol. The highest BCUT2D eigenvalue weighted by molar-refractivity contribution is 7.07. The van der Waals surface area contributed by atoms with Crippen LogP contribution in [0.25, 0.3) is 0 Å². The van der Waals surface area contributed by atoms with Crippen molar-refractivity contribution in [2.45, 2.75) is 25.7 Å². The molecule has 2 heterocycles. The van der Waals surface area contributed by atoms with Gasteiger partial charge in [0.05, 0.1) is 17.6 Å². The van der Waals surface area contributed by atoms with Crippen molar-refractivity contribution < 1.29 is 4.79 Å². The molecule has 1 fully saturated rings. The molecule has 1 aromatic heterocycles. The molecule has 14 heavy (non-hydrogen) atoms. The fourth-order valence-corrected chi connectivity index (χ4v) is 2.29. The summed E-state index contributed by atoms with van der Waals surface area (Å²) in [6.45, 7) is 1.87. The minimum Gasteiger partial charge on any atom is -0.342 e. The highest BCUT2D eigenvalue weighted by Gasteiger charge is 2.16. The zero-order valence-electron chi connectivity index (χ0n) is 8.11. The summed E-state index contributed by atoms with van der Waals surface area (Å²) in [5, 5.41) is 1.95. The number of carbonyl (C=O) groups excluding carboxylic acids is 1. The number of hydrogen-bond donors (Lipinski definition) is 0. The number of nitrogens with zero attached hydrogens (tertiary/aromatic N) is 2. The van der Waals surface area contributed by atoms with E-state index >= 15 is 0 Å². The van der Waals surface area contributed by atoms with Crippen molar-refractivity contribution in [1.82, 2.24) is 9.88 Å². The Morgan fingerprint density at radius 3 is 2.86 bits per heavy atom. The molecule has 76 valence electrons. The normalized spacial score (nSPS) is 17.0. The Morgan fingerprint density at radius 2 is 2.21 bits per heavy atom. The van der Waals surface area contributed by atoms with Gasteiger partial charge in [0, 0.05) is 18.5 Å². The Labute approximate surface area is 87.8 Å². The Balaban J connectivity index is 1.88. The van der Waals surface area contributed by atoms with Crippen molar-refractivity contribution >= 4 is 17.2 Å². The van der Waals surface area contributed by atoms with Crippen LogP contribution in [0.15, 0.2) is 10.9 Å². The topological polar surface area (TPSA) is 33.2 Å². The zero-order chi connectivity index (χ0) is 9.80. The predicted molar refractivity (Wildman–Crippen MR) is 56.2 cm³/mol. The Bertz CT molecular complexity index is 291. The van der Waals surface area contributed by atoms with Crippen LogP contribution in [0.2, 0.25) is 0 Å². The SMILES string of the molecule is O=C(Cc1cscn1)N1CCCCC1. The molecular formula is C10H14N2OS. The van der Waals surface area contributed by atoms with E-state index < -0.39 is 0 Å². The lowest BCUT2D eigenvalue weighted by Gasteiger charge is -2.26. The van der Waals surface area contributed by atoms with Crippen LogP contribution in [0.5, 0.6) is 0 Å². The van der Waals surface area contributed by atoms with Gasteiger partial charge in [0.1, 0.15) is 0 Å². The lowest BCUT2D eigenvalue weighted by atomic mass is 10.1. The van der Waals surface area contributed by atoms with Crippen LogP contribution >= 0.6 is 11.3 Å². The molecule has 1 amide bonds. The quantitative estimate of drug-likeness (QED) is 0.744. The molecule has 0 bridgehead atoms. The van der Waals surface area contributed by atoms with E-state index in [1.54, 1.807) is 16.8 Å². The Morgan fingerprint density at radius 1 is 1.43 bits per heavy atom. The van der Waals surface area contributed by atoms with Crippen molar-refractivity contribution in [2.75, 3.05) is 13.1 Å². The Kier molecular flexibility index (Phi) is 3.14. The molecule has 0 unspecified atom stereocenters.